The maximum atomic E-state index is 11.3. The van der Waals surface area contributed by atoms with E-state index in [1.807, 2.05) is 6.07 Å². The zero-order valence-corrected chi connectivity index (χ0v) is 11.7. The molecule has 0 radical (unpaired) electrons. The first-order chi connectivity index (χ1) is 9.96. The highest BCUT2D eigenvalue weighted by Gasteiger charge is 2.22. The first kappa shape index (κ1) is 14.4. The topological polar surface area (TPSA) is 97.4 Å². The fourth-order valence-electron chi connectivity index (χ4n) is 1.92. The van der Waals surface area contributed by atoms with Crippen molar-refractivity contribution in [3.05, 3.63) is 35.0 Å². The van der Waals surface area contributed by atoms with Crippen LogP contribution in [-0.4, -0.2) is 28.0 Å². The number of ether oxygens (including phenoxy) is 2. The molecule has 0 atom stereocenters. The molecule has 1 heterocycles. The number of nitrogens with zero attached hydrogens (tertiary/aromatic N) is 3. The first-order valence-corrected chi connectivity index (χ1v) is 6.00. The second-order valence-electron chi connectivity index (χ2n) is 4.31. The molecule has 7 heteroatoms. The van der Waals surface area contributed by atoms with Crippen molar-refractivity contribution in [2.45, 2.75) is 6.92 Å². The van der Waals surface area contributed by atoms with E-state index in [1.54, 1.807) is 26.1 Å². The second-order valence-corrected chi connectivity index (χ2v) is 4.31. The Kier molecular flexibility index (Phi) is 3.80. The van der Waals surface area contributed by atoms with E-state index in [9.17, 15) is 9.90 Å². The van der Waals surface area contributed by atoms with Gasteiger partial charge in [0.05, 0.1) is 24.4 Å². The van der Waals surface area contributed by atoms with E-state index in [4.69, 9.17) is 14.7 Å². The lowest BCUT2D eigenvalue weighted by molar-refractivity contribution is 0.0693. The number of carboxylic acids is 1. The largest absolute Gasteiger partial charge is 0.497 e. The molecular formula is C14H13N3O4. The summed E-state index contributed by atoms with van der Waals surface area (Å²) in [7, 11) is 3.05. The number of carbonyl (C=O) groups is 1. The molecule has 0 aliphatic rings. The number of hydrogen-bond donors (Lipinski definition) is 1. The Balaban J connectivity index is 2.48. The molecule has 0 fully saturated rings. The standard InChI is InChI=1S/C14H13N3O4/c1-8-12(14(18)19)13(17(2)16-8)21-11-5-9(7-15)4-10(6-11)20-3/h4-6H,1-3H3,(H,18,19). The van der Waals surface area contributed by atoms with Crippen molar-refractivity contribution in [3.8, 4) is 23.4 Å². The fraction of sp³-hybridized carbons (Fsp3) is 0.214. The Morgan fingerprint density at radius 3 is 2.62 bits per heavy atom. The molecule has 0 spiro atoms. The molecule has 0 unspecified atom stereocenters. The summed E-state index contributed by atoms with van der Waals surface area (Å²) in [6.45, 7) is 1.59. The average molecular weight is 287 g/mol. The Hall–Kier alpha value is -3.01. The van der Waals surface area contributed by atoms with Crippen molar-refractivity contribution in [2.24, 2.45) is 7.05 Å². The van der Waals surface area contributed by atoms with E-state index < -0.39 is 5.97 Å². The summed E-state index contributed by atoms with van der Waals surface area (Å²) in [6, 6.07) is 6.60. The molecule has 1 N–H and O–H groups in total. The number of hydrogen-bond acceptors (Lipinski definition) is 5. The van der Waals surface area contributed by atoms with Gasteiger partial charge < -0.3 is 14.6 Å². The van der Waals surface area contributed by atoms with Crippen molar-refractivity contribution in [3.63, 3.8) is 0 Å². The van der Waals surface area contributed by atoms with Crippen LogP contribution in [0.1, 0.15) is 21.6 Å². The number of aryl methyl sites for hydroxylation is 2. The second kappa shape index (κ2) is 5.54. The van der Waals surface area contributed by atoms with Crippen LogP contribution in [0.4, 0.5) is 0 Å². The maximum Gasteiger partial charge on any atom is 0.343 e. The number of aromatic carboxylic acids is 1. The van der Waals surface area contributed by atoms with Gasteiger partial charge in [0.2, 0.25) is 5.88 Å². The van der Waals surface area contributed by atoms with Crippen LogP contribution in [0.25, 0.3) is 0 Å². The predicted octanol–water partition coefficient (Wildman–Crippen LogP) is 2.10. The lowest BCUT2D eigenvalue weighted by Crippen LogP contribution is -2.02. The zero-order valence-electron chi connectivity index (χ0n) is 11.7. The molecule has 21 heavy (non-hydrogen) atoms. The molecule has 7 nitrogen and oxygen atoms in total. The SMILES string of the molecule is COc1cc(C#N)cc(Oc2c(C(=O)O)c(C)nn2C)c1. The summed E-state index contributed by atoms with van der Waals surface area (Å²) in [5.74, 6) is -0.285. The quantitative estimate of drug-likeness (QED) is 0.924. The molecule has 0 aliphatic carbocycles. The lowest BCUT2D eigenvalue weighted by atomic mass is 10.2. The summed E-state index contributed by atoms with van der Waals surface area (Å²) in [5.41, 5.74) is 0.683. The van der Waals surface area contributed by atoms with Crippen LogP contribution >= 0.6 is 0 Å². The van der Waals surface area contributed by atoms with Crippen molar-refractivity contribution in [1.82, 2.24) is 9.78 Å². The van der Waals surface area contributed by atoms with Gasteiger partial charge in [-0.25, -0.2) is 9.48 Å². The first-order valence-electron chi connectivity index (χ1n) is 6.00. The van der Waals surface area contributed by atoms with Crippen LogP contribution in [0.5, 0.6) is 17.4 Å². The lowest BCUT2D eigenvalue weighted by Gasteiger charge is -2.09. The number of carboxylic acid groups (broad SMARTS) is 1. The third-order valence-corrected chi connectivity index (χ3v) is 2.84. The monoisotopic (exact) mass is 287 g/mol. The summed E-state index contributed by atoms with van der Waals surface area (Å²) in [4.78, 5) is 11.3. The summed E-state index contributed by atoms with van der Waals surface area (Å²) in [5, 5.41) is 22.2. The molecule has 0 saturated carbocycles. The van der Waals surface area contributed by atoms with Gasteiger partial charge >= 0.3 is 5.97 Å². The fourth-order valence-corrected chi connectivity index (χ4v) is 1.92. The van der Waals surface area contributed by atoms with Crippen LogP contribution < -0.4 is 9.47 Å². The number of benzene rings is 1. The van der Waals surface area contributed by atoms with Crippen LogP contribution in [0.15, 0.2) is 18.2 Å². The Labute approximate surface area is 120 Å². The van der Waals surface area contributed by atoms with Gasteiger partial charge in [-0.1, -0.05) is 0 Å². The van der Waals surface area contributed by atoms with Crippen LogP contribution in [0, 0.1) is 18.3 Å². The minimum absolute atomic E-state index is 0.0150. The highest BCUT2D eigenvalue weighted by Crippen LogP contribution is 2.30. The van der Waals surface area contributed by atoms with Gasteiger partial charge in [-0.2, -0.15) is 10.4 Å². The molecule has 0 aliphatic heterocycles. The van der Waals surface area contributed by atoms with Gasteiger partial charge in [-0.15, -0.1) is 0 Å². The molecule has 1 aromatic carbocycles. The van der Waals surface area contributed by atoms with Crippen molar-refractivity contribution >= 4 is 5.97 Å². The highest BCUT2D eigenvalue weighted by molar-refractivity contribution is 5.91. The highest BCUT2D eigenvalue weighted by atomic mass is 16.5. The number of aromatic nitrogens is 2. The van der Waals surface area contributed by atoms with Crippen molar-refractivity contribution in [1.29, 1.82) is 5.26 Å². The van der Waals surface area contributed by atoms with Gasteiger partial charge in [0.1, 0.15) is 17.1 Å². The van der Waals surface area contributed by atoms with Gasteiger partial charge in [-0.3, -0.25) is 0 Å². The summed E-state index contributed by atoms with van der Waals surface area (Å²) in [6.07, 6.45) is 0. The van der Waals surface area contributed by atoms with Gasteiger partial charge in [0.15, 0.2) is 0 Å². The number of rotatable bonds is 4. The molecule has 2 rings (SSSR count). The molecule has 2 aromatic rings. The molecule has 0 bridgehead atoms. The number of methoxy groups -OCH3 is 1. The van der Waals surface area contributed by atoms with Crippen LogP contribution in [0.3, 0.4) is 0 Å². The van der Waals surface area contributed by atoms with E-state index in [1.165, 1.54) is 17.9 Å². The normalized spacial score (nSPS) is 10.0. The Morgan fingerprint density at radius 1 is 1.38 bits per heavy atom. The van der Waals surface area contributed by atoms with Gasteiger partial charge in [0, 0.05) is 13.1 Å². The van der Waals surface area contributed by atoms with E-state index in [0.29, 0.717) is 22.8 Å². The summed E-state index contributed by atoms with van der Waals surface area (Å²) < 4.78 is 12.0. The molecule has 0 amide bonds. The van der Waals surface area contributed by atoms with E-state index in [0.717, 1.165) is 0 Å². The minimum Gasteiger partial charge on any atom is -0.497 e. The van der Waals surface area contributed by atoms with E-state index >= 15 is 0 Å². The Morgan fingerprint density at radius 2 is 2.05 bits per heavy atom. The van der Waals surface area contributed by atoms with Crippen molar-refractivity contribution in [2.75, 3.05) is 7.11 Å². The maximum absolute atomic E-state index is 11.3. The zero-order chi connectivity index (χ0) is 15.6. The number of nitriles is 1. The van der Waals surface area contributed by atoms with Crippen LogP contribution in [0.2, 0.25) is 0 Å². The van der Waals surface area contributed by atoms with E-state index in [2.05, 4.69) is 5.10 Å². The molecule has 108 valence electrons. The van der Waals surface area contributed by atoms with Gasteiger partial charge in [-0.05, 0) is 19.1 Å². The van der Waals surface area contributed by atoms with Gasteiger partial charge in [0.25, 0.3) is 0 Å². The minimum atomic E-state index is -1.13. The van der Waals surface area contributed by atoms with E-state index in [-0.39, 0.29) is 11.4 Å². The smallest absolute Gasteiger partial charge is 0.343 e. The third kappa shape index (κ3) is 2.79. The van der Waals surface area contributed by atoms with Crippen LogP contribution in [-0.2, 0) is 7.05 Å². The van der Waals surface area contributed by atoms with Crippen molar-refractivity contribution < 1.29 is 19.4 Å². The third-order valence-electron chi connectivity index (χ3n) is 2.84. The Bertz CT molecular complexity index is 743. The molecule has 1 aromatic heterocycles. The summed E-state index contributed by atoms with van der Waals surface area (Å²) >= 11 is 0. The molecular weight excluding hydrogens is 274 g/mol. The molecule has 0 saturated heterocycles. The predicted molar refractivity (Wildman–Crippen MR) is 72.7 cm³/mol. The average Bonchev–Trinajstić information content (AvgIpc) is 2.72.